The summed E-state index contributed by atoms with van der Waals surface area (Å²) in [5.74, 6) is -4.63. The first-order valence-electron chi connectivity index (χ1n) is 29.5. The van der Waals surface area contributed by atoms with Crippen LogP contribution in [-0.2, 0) is 60.6 Å². The van der Waals surface area contributed by atoms with E-state index in [4.69, 9.17) is 18.9 Å². The Kier molecular flexibility index (Phi) is 20.8. The first-order valence-corrected chi connectivity index (χ1v) is 32.7. The zero-order valence-electron chi connectivity index (χ0n) is 47.3. The van der Waals surface area contributed by atoms with Gasteiger partial charge in [0.1, 0.15) is 13.2 Å². The molecule has 20 heteroatoms. The van der Waals surface area contributed by atoms with Gasteiger partial charge in [0.25, 0.3) is 0 Å². The molecule has 0 radical (unpaired) electrons. The van der Waals surface area contributed by atoms with Gasteiger partial charge in [-0.05, 0) is 189 Å². The predicted octanol–water partition coefficient (Wildman–Crippen LogP) is 11.4. The molecule has 2 atom stereocenters. The van der Waals surface area contributed by atoms with E-state index in [9.17, 15) is 39.0 Å². The molecule has 4 aromatic heterocycles. The molecular weight excluding hydrogens is 1310 g/mol. The molecule has 0 aromatic carbocycles. The van der Waals surface area contributed by atoms with Gasteiger partial charge in [0, 0.05) is 24.0 Å². The van der Waals surface area contributed by atoms with E-state index >= 15 is 0 Å². The van der Waals surface area contributed by atoms with Gasteiger partial charge in [0.15, 0.2) is 12.2 Å². The van der Waals surface area contributed by atoms with Crippen molar-refractivity contribution >= 4 is 117 Å². The lowest BCUT2D eigenvalue weighted by molar-refractivity contribution is -0.166. The van der Waals surface area contributed by atoms with E-state index in [1.165, 1.54) is 0 Å². The second-order valence-corrected chi connectivity index (χ2v) is 26.5. The molecule has 5 heterocycles. The van der Waals surface area contributed by atoms with Crippen molar-refractivity contribution in [3.8, 4) is 0 Å². The highest BCUT2D eigenvalue weighted by Gasteiger charge is 2.37. The number of halogens is 4. The van der Waals surface area contributed by atoms with Crippen molar-refractivity contribution in [2.75, 3.05) is 13.2 Å². The van der Waals surface area contributed by atoms with Crippen molar-refractivity contribution in [2.24, 2.45) is 23.7 Å². The maximum atomic E-state index is 14.5. The highest BCUT2D eigenvalue weighted by atomic mass is 79.9. The molecule has 444 valence electrons. The van der Waals surface area contributed by atoms with Crippen molar-refractivity contribution < 1.29 is 57.9 Å². The molecule has 4 aromatic rings. The summed E-state index contributed by atoms with van der Waals surface area (Å²) in [6.45, 7) is 7.12. The lowest BCUT2D eigenvalue weighted by Crippen LogP contribution is -2.30. The Labute approximate surface area is 511 Å². The van der Waals surface area contributed by atoms with E-state index in [1.807, 2.05) is 27.7 Å². The lowest BCUT2D eigenvalue weighted by Gasteiger charge is -2.26. The van der Waals surface area contributed by atoms with E-state index in [-0.39, 0.29) is 86.4 Å². The quantitative estimate of drug-likeness (QED) is 0.0403. The van der Waals surface area contributed by atoms with E-state index in [0.717, 1.165) is 95.5 Å². The van der Waals surface area contributed by atoms with Crippen LogP contribution in [0.15, 0.2) is 0 Å². The maximum Gasteiger partial charge on any atom is 0.309 e. The van der Waals surface area contributed by atoms with Crippen LogP contribution < -0.4 is 21.4 Å². The molecule has 5 aliphatic rings. The van der Waals surface area contributed by atoms with Crippen molar-refractivity contribution in [3.05, 3.63) is 88.7 Å². The zero-order chi connectivity index (χ0) is 58.5. The molecule has 4 saturated carbocycles. The number of rotatable bonds is 18. The van der Waals surface area contributed by atoms with Crippen molar-refractivity contribution in [1.82, 2.24) is 19.9 Å². The largest absolute Gasteiger partial charge is 0.481 e. The molecule has 0 spiro atoms. The third kappa shape index (κ3) is 13.5. The van der Waals surface area contributed by atoms with Crippen LogP contribution in [0.4, 0.5) is 0 Å². The summed E-state index contributed by atoms with van der Waals surface area (Å²) in [7, 11) is 0. The molecule has 2 unspecified atom stereocenters. The number of H-pyrrole nitrogens is 4. The smallest absolute Gasteiger partial charge is 0.309 e. The SMILES string of the molecule is Cc1c2[nH]c(c1CCC(=O)O)C(Br)=c1[nH]c(c(C)c1CCC(=O)O)=C(Br)c1[nH]c(c(C(COC(=O)C3CCCCC3)OC(=O)C3CCCCC3)c1C)C(Br)=c1[nH]c(c(C(COC(=O)C3CCCCC3)OC(=O)C3CCCCC3)c1C)=C2Br. The Hall–Kier alpha value is -4.66. The first-order chi connectivity index (χ1) is 39.3. The third-order valence-corrected chi connectivity index (χ3v) is 21.1. The average molecular weight is 1390 g/mol. The molecule has 4 fully saturated rings. The first kappa shape index (κ1) is 61.9. The van der Waals surface area contributed by atoms with Crippen LogP contribution in [0.2, 0.25) is 0 Å². The van der Waals surface area contributed by atoms with Crippen molar-refractivity contribution in [3.63, 3.8) is 0 Å². The Balaban J connectivity index is 1.35. The fraction of sp³-hybridized carbons (Fsp3) is 0.581. The summed E-state index contributed by atoms with van der Waals surface area (Å²) in [6.07, 6.45) is 14.7. The van der Waals surface area contributed by atoms with E-state index < -0.39 is 24.1 Å². The molecule has 0 saturated heterocycles. The van der Waals surface area contributed by atoms with Crippen LogP contribution in [0.5, 0.6) is 0 Å². The Morgan fingerprint density at radius 1 is 0.415 bits per heavy atom. The summed E-state index contributed by atoms with van der Waals surface area (Å²) in [4.78, 5) is 96.4. The molecule has 8 bridgehead atoms. The highest BCUT2D eigenvalue weighted by molar-refractivity contribution is 9.15. The summed E-state index contributed by atoms with van der Waals surface area (Å²) in [6, 6.07) is 0. The average Bonchev–Trinajstić information content (AvgIpc) is 3.11. The predicted molar refractivity (Wildman–Crippen MR) is 324 cm³/mol. The van der Waals surface area contributed by atoms with Gasteiger partial charge < -0.3 is 49.1 Å². The van der Waals surface area contributed by atoms with Crippen molar-refractivity contribution in [1.29, 1.82) is 0 Å². The number of carboxylic acid groups (broad SMARTS) is 2. The zero-order valence-corrected chi connectivity index (χ0v) is 53.7. The van der Waals surface area contributed by atoms with Gasteiger partial charge >= 0.3 is 35.8 Å². The van der Waals surface area contributed by atoms with Gasteiger partial charge in [-0.15, -0.1) is 0 Å². The van der Waals surface area contributed by atoms with E-state index in [2.05, 4.69) is 83.7 Å². The van der Waals surface area contributed by atoms with Crippen LogP contribution in [0.25, 0.3) is 17.9 Å². The molecular formula is C62H76Br4N4O12. The molecule has 1 aliphatic heterocycles. The fourth-order valence-corrected chi connectivity index (χ4v) is 16.1. The lowest BCUT2D eigenvalue weighted by atomic mass is 9.89. The maximum absolute atomic E-state index is 14.5. The Morgan fingerprint density at radius 3 is 1.26 bits per heavy atom. The normalized spacial score (nSPS) is 18.5. The summed E-state index contributed by atoms with van der Waals surface area (Å²) in [5.41, 5.74) is 7.42. The van der Waals surface area contributed by atoms with Crippen LogP contribution >= 0.6 is 63.7 Å². The number of fused-ring (bicyclic) bond motifs is 8. The number of ether oxygens (including phenoxy) is 4. The number of carbonyl (C=O) groups is 6. The minimum Gasteiger partial charge on any atom is -0.481 e. The number of esters is 4. The van der Waals surface area contributed by atoms with Gasteiger partial charge in [0.2, 0.25) is 0 Å². The van der Waals surface area contributed by atoms with Crippen molar-refractivity contribution in [2.45, 2.75) is 194 Å². The standard InChI is InChI=1S/C62H76Br4N4O12/c1-31-39(25-27-43(71)72)55-50(66)56-40(26-28-44(73)74)32(2)52(68-56)48(64)57-46(42(82-62(78)38-23-15-8-16-24-38)30-80-60(76)36-19-11-6-12-20-36)34(4)54(70-57)49(65)58-45(33(3)53(69-58)47(63)51(31)67-55)41(81-61(77)37-21-13-7-14-22-37)29-79-59(75)35-17-9-5-10-18-35/h35-38,41-42,67-70H,5-30H2,1-4H3,(H,71,72)(H,73,74). The van der Waals surface area contributed by atoms with Gasteiger partial charge in [0.05, 0.1) is 85.8 Å². The number of hydrogen-bond acceptors (Lipinski definition) is 10. The number of carboxylic acids is 2. The molecule has 9 rings (SSSR count). The van der Waals surface area contributed by atoms with Crippen LogP contribution in [-0.4, -0.2) is 79.2 Å². The number of aromatic nitrogens is 4. The third-order valence-electron chi connectivity index (χ3n) is 18.0. The fourth-order valence-electron chi connectivity index (χ4n) is 13.2. The van der Waals surface area contributed by atoms with Gasteiger partial charge in [-0.3, -0.25) is 28.8 Å². The molecule has 0 amide bonds. The van der Waals surface area contributed by atoms with Crippen LogP contribution in [0.3, 0.4) is 0 Å². The molecule has 82 heavy (non-hydrogen) atoms. The second-order valence-electron chi connectivity index (χ2n) is 23.3. The number of aromatic amines is 4. The van der Waals surface area contributed by atoms with Gasteiger partial charge in [-0.25, -0.2) is 0 Å². The van der Waals surface area contributed by atoms with Crippen LogP contribution in [0.1, 0.15) is 221 Å². The topological polar surface area (TPSA) is 243 Å². The molecule has 6 N–H and O–H groups in total. The second kappa shape index (κ2) is 27.6. The molecule has 16 nitrogen and oxygen atoms in total. The Bertz CT molecular complexity index is 3360. The summed E-state index contributed by atoms with van der Waals surface area (Å²) < 4.78 is 27.9. The minimum atomic E-state index is -1.11. The number of aliphatic carboxylic acids is 2. The van der Waals surface area contributed by atoms with Gasteiger partial charge in [-0.1, -0.05) is 77.0 Å². The number of nitrogens with one attached hydrogen (secondary N) is 4. The van der Waals surface area contributed by atoms with E-state index in [0.29, 0.717) is 140 Å². The van der Waals surface area contributed by atoms with Crippen LogP contribution in [0, 0.1) is 51.4 Å². The van der Waals surface area contributed by atoms with Gasteiger partial charge in [-0.2, -0.15) is 0 Å². The molecule has 4 aliphatic carbocycles. The monoisotopic (exact) mass is 1380 g/mol. The minimum absolute atomic E-state index is 0.129. The summed E-state index contributed by atoms with van der Waals surface area (Å²) in [5, 5.41) is 22.4. The Morgan fingerprint density at radius 2 is 0.780 bits per heavy atom. The van der Waals surface area contributed by atoms with E-state index in [1.54, 1.807) is 0 Å². The number of hydrogen-bond donors (Lipinski definition) is 6. The highest BCUT2D eigenvalue weighted by Crippen LogP contribution is 2.40. The summed E-state index contributed by atoms with van der Waals surface area (Å²) >= 11 is 16.1. The number of carbonyl (C=O) groups excluding carboxylic acids is 4.